The van der Waals surface area contributed by atoms with Crippen LogP contribution in [0.4, 0.5) is 5.69 Å². The van der Waals surface area contributed by atoms with E-state index in [0.717, 1.165) is 10.6 Å². The summed E-state index contributed by atoms with van der Waals surface area (Å²) in [6.07, 6.45) is -0.949. The number of carbonyl (C=O) groups is 1. The number of nitrogens with zero attached hydrogens (tertiary/aromatic N) is 1. The van der Waals surface area contributed by atoms with Crippen LogP contribution in [0.3, 0.4) is 0 Å². The summed E-state index contributed by atoms with van der Waals surface area (Å²) in [5.41, 5.74) is 2.22. The highest BCUT2D eigenvalue weighted by Gasteiger charge is 2.15. The lowest BCUT2D eigenvalue weighted by Gasteiger charge is -2.14. The predicted octanol–water partition coefficient (Wildman–Crippen LogP) is 4.41. The Morgan fingerprint density at radius 3 is 2.61 bits per heavy atom. The van der Waals surface area contributed by atoms with Crippen molar-refractivity contribution < 1.29 is 14.8 Å². The molecule has 0 aliphatic carbocycles. The first kappa shape index (κ1) is 20.1. The summed E-state index contributed by atoms with van der Waals surface area (Å²) in [6, 6.07) is 15.0. The highest BCUT2D eigenvalue weighted by Crippen LogP contribution is 2.27. The van der Waals surface area contributed by atoms with Gasteiger partial charge in [-0.1, -0.05) is 12.1 Å². The Bertz CT molecular complexity index is 943. The van der Waals surface area contributed by atoms with Gasteiger partial charge in [-0.3, -0.25) is 14.9 Å². The zero-order valence-corrected chi connectivity index (χ0v) is 16.4. The molecule has 2 N–H and O–H groups in total. The molecule has 0 saturated heterocycles. The molecule has 1 unspecified atom stereocenters. The number of nitro benzene ring substituents is 1. The molecule has 8 heteroatoms. The van der Waals surface area contributed by atoms with Crippen molar-refractivity contribution in [2.75, 3.05) is 6.54 Å². The van der Waals surface area contributed by atoms with Gasteiger partial charge in [-0.15, -0.1) is 11.8 Å². The van der Waals surface area contributed by atoms with Gasteiger partial charge in [0.25, 0.3) is 11.6 Å². The molecule has 3 rings (SSSR count). The molecule has 0 bridgehead atoms. The minimum atomic E-state index is -0.949. The number of rotatable bonds is 8. The number of hydrogen-bond donors (Lipinski definition) is 2. The Morgan fingerprint density at radius 2 is 1.93 bits per heavy atom. The zero-order valence-electron chi connectivity index (χ0n) is 14.8. The van der Waals surface area contributed by atoms with Crippen molar-refractivity contribution in [3.05, 3.63) is 92.2 Å². The van der Waals surface area contributed by atoms with Gasteiger partial charge in [0, 0.05) is 29.3 Å². The van der Waals surface area contributed by atoms with Crippen molar-refractivity contribution in [1.82, 2.24) is 5.32 Å². The van der Waals surface area contributed by atoms with Crippen LogP contribution in [-0.2, 0) is 5.75 Å². The van der Waals surface area contributed by atoms with Gasteiger partial charge < -0.3 is 10.4 Å². The van der Waals surface area contributed by atoms with Crippen LogP contribution in [0.15, 0.2) is 70.3 Å². The number of thiophene rings is 1. The topological polar surface area (TPSA) is 92.5 Å². The van der Waals surface area contributed by atoms with E-state index < -0.39 is 11.0 Å². The van der Waals surface area contributed by atoms with E-state index in [1.165, 1.54) is 29.8 Å². The van der Waals surface area contributed by atoms with Crippen LogP contribution in [0, 0.1) is 10.1 Å². The normalized spacial score (nSPS) is 11.8. The Balaban J connectivity index is 1.60. The maximum Gasteiger partial charge on any atom is 0.269 e. The van der Waals surface area contributed by atoms with Crippen LogP contribution in [0.2, 0.25) is 0 Å². The average molecular weight is 415 g/mol. The number of benzene rings is 2. The van der Waals surface area contributed by atoms with Crippen LogP contribution in [0.5, 0.6) is 0 Å². The first-order valence-corrected chi connectivity index (χ1v) is 10.4. The zero-order chi connectivity index (χ0) is 19.9. The summed E-state index contributed by atoms with van der Waals surface area (Å²) in [7, 11) is 0. The van der Waals surface area contributed by atoms with Gasteiger partial charge in [0.1, 0.15) is 0 Å². The highest BCUT2D eigenvalue weighted by atomic mass is 32.2. The van der Waals surface area contributed by atoms with E-state index in [2.05, 4.69) is 16.8 Å². The molecule has 1 amide bonds. The molecule has 1 atom stereocenters. The van der Waals surface area contributed by atoms with Crippen molar-refractivity contribution >= 4 is 34.7 Å². The highest BCUT2D eigenvalue weighted by molar-refractivity contribution is 7.98. The van der Waals surface area contributed by atoms with E-state index in [0.29, 0.717) is 11.1 Å². The Morgan fingerprint density at radius 1 is 1.18 bits per heavy atom. The monoisotopic (exact) mass is 414 g/mol. The van der Waals surface area contributed by atoms with Crippen LogP contribution < -0.4 is 5.32 Å². The fourth-order valence-corrected chi connectivity index (χ4v) is 4.30. The number of non-ortho nitro benzene ring substituents is 1. The van der Waals surface area contributed by atoms with E-state index in [1.54, 1.807) is 35.2 Å². The minimum absolute atomic E-state index is 0.0141. The van der Waals surface area contributed by atoms with E-state index in [4.69, 9.17) is 0 Å². The summed E-state index contributed by atoms with van der Waals surface area (Å²) < 4.78 is 0. The first-order chi connectivity index (χ1) is 13.5. The van der Waals surface area contributed by atoms with Gasteiger partial charge in [0.05, 0.1) is 16.6 Å². The lowest BCUT2D eigenvalue weighted by molar-refractivity contribution is -0.384. The van der Waals surface area contributed by atoms with Gasteiger partial charge in [-0.2, -0.15) is 11.3 Å². The number of nitro groups is 1. The van der Waals surface area contributed by atoms with Crippen molar-refractivity contribution in [2.24, 2.45) is 0 Å². The lowest BCUT2D eigenvalue weighted by atomic mass is 10.1. The van der Waals surface area contributed by atoms with E-state index in [1.807, 2.05) is 17.5 Å². The molecule has 0 radical (unpaired) electrons. The van der Waals surface area contributed by atoms with E-state index in [9.17, 15) is 20.0 Å². The molecule has 1 aromatic heterocycles. The summed E-state index contributed by atoms with van der Waals surface area (Å²) >= 11 is 3.23. The van der Waals surface area contributed by atoms with Crippen LogP contribution in [0.25, 0.3) is 0 Å². The number of aliphatic hydroxyl groups excluding tert-OH is 1. The van der Waals surface area contributed by atoms with Crippen molar-refractivity contribution in [3.8, 4) is 0 Å². The van der Waals surface area contributed by atoms with Gasteiger partial charge in [0.2, 0.25) is 0 Å². The Labute approximate surface area is 170 Å². The standard InChI is InChI=1S/C20H18N2O4S2/c23-18(15-5-7-16(8-6-15)22(25)26)11-21-20(24)17-3-1-2-4-19(17)28-13-14-9-10-27-12-14/h1-10,12,18,23H,11,13H2,(H,21,24). The molecule has 0 aliphatic rings. The molecule has 28 heavy (non-hydrogen) atoms. The van der Waals surface area contributed by atoms with Gasteiger partial charge >= 0.3 is 0 Å². The van der Waals surface area contributed by atoms with Crippen molar-refractivity contribution in [1.29, 1.82) is 0 Å². The molecule has 3 aromatic rings. The predicted molar refractivity (Wildman–Crippen MR) is 111 cm³/mol. The van der Waals surface area contributed by atoms with Crippen LogP contribution in [-0.4, -0.2) is 22.5 Å². The molecular formula is C20H18N2O4S2. The first-order valence-electron chi connectivity index (χ1n) is 8.48. The second-order valence-electron chi connectivity index (χ2n) is 5.99. The number of amides is 1. The molecule has 1 heterocycles. The lowest BCUT2D eigenvalue weighted by Crippen LogP contribution is -2.28. The Kier molecular flexibility index (Phi) is 6.80. The van der Waals surface area contributed by atoms with Gasteiger partial charge in [-0.25, -0.2) is 0 Å². The van der Waals surface area contributed by atoms with E-state index in [-0.39, 0.29) is 18.1 Å². The molecule has 6 nitrogen and oxygen atoms in total. The quantitative estimate of drug-likeness (QED) is 0.324. The maximum atomic E-state index is 12.6. The largest absolute Gasteiger partial charge is 0.387 e. The number of nitrogens with one attached hydrogen (secondary N) is 1. The summed E-state index contributed by atoms with van der Waals surface area (Å²) in [4.78, 5) is 23.7. The summed E-state index contributed by atoms with van der Waals surface area (Å²) in [5, 5.41) is 27.8. The minimum Gasteiger partial charge on any atom is -0.387 e. The molecule has 0 fully saturated rings. The third kappa shape index (κ3) is 5.19. The summed E-state index contributed by atoms with van der Waals surface area (Å²) in [5.74, 6) is 0.508. The second kappa shape index (κ2) is 9.50. The molecule has 0 spiro atoms. The maximum absolute atomic E-state index is 12.6. The number of thioether (sulfide) groups is 1. The smallest absolute Gasteiger partial charge is 0.269 e. The number of carbonyl (C=O) groups excluding carboxylic acids is 1. The number of aliphatic hydroxyl groups is 1. The van der Waals surface area contributed by atoms with E-state index >= 15 is 0 Å². The SMILES string of the molecule is O=C(NCC(O)c1ccc([N+](=O)[O-])cc1)c1ccccc1SCc1ccsc1. The summed E-state index contributed by atoms with van der Waals surface area (Å²) in [6.45, 7) is 0.0141. The average Bonchev–Trinajstić information content (AvgIpc) is 3.24. The molecule has 144 valence electrons. The molecule has 0 aliphatic heterocycles. The Hall–Kier alpha value is -2.68. The van der Waals surface area contributed by atoms with Crippen molar-refractivity contribution in [2.45, 2.75) is 16.8 Å². The molecule has 0 saturated carbocycles. The van der Waals surface area contributed by atoms with Crippen LogP contribution in [0.1, 0.15) is 27.6 Å². The fraction of sp³-hybridized carbons (Fsp3) is 0.150. The van der Waals surface area contributed by atoms with Gasteiger partial charge in [-0.05, 0) is 52.2 Å². The number of hydrogen-bond acceptors (Lipinski definition) is 6. The van der Waals surface area contributed by atoms with Crippen LogP contribution >= 0.6 is 23.1 Å². The fourth-order valence-electron chi connectivity index (χ4n) is 2.54. The third-order valence-corrected chi connectivity index (χ3v) is 5.93. The third-order valence-electron chi connectivity index (χ3n) is 4.05. The van der Waals surface area contributed by atoms with Gasteiger partial charge in [0.15, 0.2) is 0 Å². The van der Waals surface area contributed by atoms with Crippen molar-refractivity contribution in [3.63, 3.8) is 0 Å². The molecular weight excluding hydrogens is 396 g/mol. The molecule has 2 aromatic carbocycles. The second-order valence-corrected chi connectivity index (χ2v) is 7.79.